The average molecular weight is 334 g/mol. The van der Waals surface area contributed by atoms with E-state index in [2.05, 4.69) is 15.3 Å². The van der Waals surface area contributed by atoms with Crippen LogP contribution in [0.25, 0.3) is 0 Å². The molecular formula is C15H19FN6O2. The lowest BCUT2D eigenvalue weighted by molar-refractivity contribution is -0.384. The first-order valence-corrected chi connectivity index (χ1v) is 7.50. The Morgan fingerprint density at radius 3 is 2.62 bits per heavy atom. The predicted octanol–water partition coefficient (Wildman–Crippen LogP) is 2.56. The topological polar surface area (TPSA) is 110 Å². The Hall–Kier alpha value is -2.97. The highest BCUT2D eigenvalue weighted by molar-refractivity contribution is 5.53. The zero-order valence-corrected chi connectivity index (χ0v) is 13.5. The summed E-state index contributed by atoms with van der Waals surface area (Å²) >= 11 is 0. The molecule has 2 aromatic rings. The van der Waals surface area contributed by atoms with E-state index in [4.69, 9.17) is 5.73 Å². The number of nitrogens with one attached hydrogen (secondary N) is 1. The van der Waals surface area contributed by atoms with Crippen molar-refractivity contribution in [1.82, 2.24) is 9.97 Å². The van der Waals surface area contributed by atoms with Gasteiger partial charge in [0.05, 0.1) is 10.6 Å². The molecule has 0 amide bonds. The van der Waals surface area contributed by atoms with E-state index < -0.39 is 4.92 Å². The van der Waals surface area contributed by atoms with E-state index in [1.54, 1.807) is 12.1 Å². The normalized spacial score (nSPS) is 10.5. The van der Waals surface area contributed by atoms with E-state index in [0.717, 1.165) is 19.3 Å². The molecule has 0 radical (unpaired) electrons. The van der Waals surface area contributed by atoms with E-state index in [0.29, 0.717) is 11.3 Å². The number of rotatable bonds is 7. The lowest BCUT2D eigenvalue weighted by Crippen LogP contribution is -2.23. The van der Waals surface area contributed by atoms with E-state index >= 15 is 0 Å². The van der Waals surface area contributed by atoms with Gasteiger partial charge in [-0.25, -0.2) is 9.37 Å². The number of anilines is 3. The van der Waals surface area contributed by atoms with Crippen molar-refractivity contribution in [3.05, 3.63) is 45.9 Å². The van der Waals surface area contributed by atoms with Crippen LogP contribution in [0.5, 0.6) is 0 Å². The maximum atomic E-state index is 14.2. The van der Waals surface area contributed by atoms with Crippen LogP contribution in [0.3, 0.4) is 0 Å². The van der Waals surface area contributed by atoms with E-state index in [-0.39, 0.29) is 29.8 Å². The predicted molar refractivity (Wildman–Crippen MR) is 90.4 cm³/mol. The lowest BCUT2D eigenvalue weighted by atomic mass is 10.2. The number of hydrogen-bond donors (Lipinski definition) is 2. The molecule has 128 valence electrons. The standard InChI is InChI=1S/C15H19FN6O2/c1-3-21(4-2)12-6-5-10(7-11(12)16)8-18-15-19-9-13(22(23)24)14(17)20-15/h5-7,9H,3-4,8H2,1-2H3,(H3,17,18,19,20). The van der Waals surface area contributed by atoms with Crippen LogP contribution in [0.15, 0.2) is 24.4 Å². The Bertz CT molecular complexity index is 736. The summed E-state index contributed by atoms with van der Waals surface area (Å²) in [7, 11) is 0. The number of hydrogen-bond acceptors (Lipinski definition) is 7. The zero-order valence-electron chi connectivity index (χ0n) is 13.5. The summed E-state index contributed by atoms with van der Waals surface area (Å²) < 4.78 is 14.2. The first-order valence-electron chi connectivity index (χ1n) is 7.50. The number of halogens is 1. The quantitative estimate of drug-likeness (QED) is 0.591. The van der Waals surface area contributed by atoms with Gasteiger partial charge in [-0.3, -0.25) is 10.1 Å². The maximum absolute atomic E-state index is 14.2. The molecule has 1 aromatic heterocycles. The van der Waals surface area contributed by atoms with Crippen molar-refractivity contribution in [2.75, 3.05) is 29.0 Å². The summed E-state index contributed by atoms with van der Waals surface area (Å²) in [4.78, 5) is 19.6. The molecule has 0 aliphatic heterocycles. The number of nitro groups is 1. The number of nitrogens with two attached hydrogens (primary N) is 1. The van der Waals surface area contributed by atoms with Crippen molar-refractivity contribution in [1.29, 1.82) is 0 Å². The third kappa shape index (κ3) is 3.86. The molecule has 1 aromatic carbocycles. The molecule has 0 spiro atoms. The second-order valence-electron chi connectivity index (χ2n) is 5.03. The van der Waals surface area contributed by atoms with Gasteiger partial charge in [-0.2, -0.15) is 4.98 Å². The SMILES string of the molecule is CCN(CC)c1ccc(CNc2ncc([N+](=O)[O-])c(N)n2)cc1F. The van der Waals surface area contributed by atoms with Gasteiger partial charge in [0.15, 0.2) is 0 Å². The van der Waals surface area contributed by atoms with Crippen LogP contribution < -0.4 is 16.0 Å². The van der Waals surface area contributed by atoms with Crippen LogP contribution >= 0.6 is 0 Å². The van der Waals surface area contributed by atoms with Crippen LogP contribution in [0.4, 0.5) is 27.5 Å². The second kappa shape index (κ2) is 7.53. The van der Waals surface area contributed by atoms with Gasteiger partial charge in [-0.05, 0) is 31.5 Å². The highest BCUT2D eigenvalue weighted by Gasteiger charge is 2.14. The lowest BCUT2D eigenvalue weighted by Gasteiger charge is -2.21. The summed E-state index contributed by atoms with van der Waals surface area (Å²) in [5.74, 6) is -0.381. The van der Waals surface area contributed by atoms with Crippen LogP contribution in [0.1, 0.15) is 19.4 Å². The third-order valence-corrected chi connectivity index (χ3v) is 3.56. The number of nitrogens with zero attached hydrogens (tertiary/aromatic N) is 4. The molecule has 3 N–H and O–H groups in total. The smallest absolute Gasteiger partial charge is 0.329 e. The molecule has 0 atom stereocenters. The number of benzene rings is 1. The van der Waals surface area contributed by atoms with Crippen molar-refractivity contribution in [3.63, 3.8) is 0 Å². The largest absolute Gasteiger partial charge is 0.378 e. The van der Waals surface area contributed by atoms with Crippen molar-refractivity contribution in [2.45, 2.75) is 20.4 Å². The van der Waals surface area contributed by atoms with Gasteiger partial charge in [0.25, 0.3) is 0 Å². The van der Waals surface area contributed by atoms with E-state index in [1.807, 2.05) is 18.7 Å². The van der Waals surface area contributed by atoms with Gasteiger partial charge in [0, 0.05) is 19.6 Å². The van der Waals surface area contributed by atoms with Crippen molar-refractivity contribution in [2.24, 2.45) is 0 Å². The molecular weight excluding hydrogens is 315 g/mol. The van der Waals surface area contributed by atoms with Gasteiger partial charge in [0.1, 0.15) is 12.0 Å². The summed E-state index contributed by atoms with van der Waals surface area (Å²) in [5.41, 5.74) is 6.40. The highest BCUT2D eigenvalue weighted by atomic mass is 19.1. The highest BCUT2D eigenvalue weighted by Crippen LogP contribution is 2.21. The molecule has 0 aliphatic rings. The minimum absolute atomic E-state index is 0.145. The summed E-state index contributed by atoms with van der Waals surface area (Å²) in [6.45, 7) is 5.65. The third-order valence-electron chi connectivity index (χ3n) is 3.56. The molecule has 0 saturated carbocycles. The molecule has 0 bridgehead atoms. The van der Waals surface area contributed by atoms with Gasteiger partial charge in [0.2, 0.25) is 11.8 Å². The molecule has 24 heavy (non-hydrogen) atoms. The minimum atomic E-state index is -0.652. The van der Waals surface area contributed by atoms with Crippen LogP contribution in [0.2, 0.25) is 0 Å². The summed E-state index contributed by atoms with van der Waals surface area (Å²) in [6.07, 6.45) is 1.04. The van der Waals surface area contributed by atoms with Crippen molar-refractivity contribution >= 4 is 23.1 Å². The van der Waals surface area contributed by atoms with Crippen LogP contribution in [-0.4, -0.2) is 28.0 Å². The summed E-state index contributed by atoms with van der Waals surface area (Å²) in [6, 6.07) is 4.97. The Morgan fingerprint density at radius 2 is 2.08 bits per heavy atom. The molecule has 0 unspecified atom stereocenters. The average Bonchev–Trinajstić information content (AvgIpc) is 2.55. The van der Waals surface area contributed by atoms with Crippen molar-refractivity contribution in [3.8, 4) is 0 Å². The Morgan fingerprint density at radius 1 is 1.38 bits per heavy atom. The van der Waals surface area contributed by atoms with Gasteiger partial charge in [-0.1, -0.05) is 6.07 Å². The maximum Gasteiger partial charge on any atom is 0.329 e. The Labute approximate surface area is 138 Å². The number of aromatic nitrogens is 2. The summed E-state index contributed by atoms with van der Waals surface area (Å²) in [5, 5.41) is 13.5. The fourth-order valence-corrected chi connectivity index (χ4v) is 2.28. The zero-order chi connectivity index (χ0) is 17.7. The Balaban J connectivity index is 2.08. The first-order chi connectivity index (χ1) is 11.5. The van der Waals surface area contributed by atoms with Gasteiger partial charge < -0.3 is 16.0 Å². The molecule has 1 heterocycles. The minimum Gasteiger partial charge on any atom is -0.378 e. The first kappa shape index (κ1) is 17.4. The molecule has 9 heteroatoms. The van der Waals surface area contributed by atoms with Crippen LogP contribution in [-0.2, 0) is 6.54 Å². The second-order valence-corrected chi connectivity index (χ2v) is 5.03. The van der Waals surface area contributed by atoms with Gasteiger partial charge >= 0.3 is 5.69 Å². The van der Waals surface area contributed by atoms with Gasteiger partial charge in [-0.15, -0.1) is 0 Å². The van der Waals surface area contributed by atoms with E-state index in [1.165, 1.54) is 6.07 Å². The van der Waals surface area contributed by atoms with Crippen LogP contribution in [0, 0.1) is 15.9 Å². The molecule has 0 aliphatic carbocycles. The number of nitrogen functional groups attached to an aromatic ring is 1. The molecule has 8 nitrogen and oxygen atoms in total. The fraction of sp³-hybridized carbons (Fsp3) is 0.333. The van der Waals surface area contributed by atoms with E-state index in [9.17, 15) is 14.5 Å². The molecule has 2 rings (SSSR count). The Kier molecular flexibility index (Phi) is 5.46. The van der Waals surface area contributed by atoms with Crippen molar-refractivity contribution < 1.29 is 9.31 Å². The molecule has 0 saturated heterocycles. The molecule has 0 fully saturated rings. The fourth-order valence-electron chi connectivity index (χ4n) is 2.28. The monoisotopic (exact) mass is 334 g/mol.